The molecule has 0 spiro atoms. The van der Waals surface area contributed by atoms with Crippen LogP contribution >= 0.6 is 11.3 Å². The Bertz CT molecular complexity index is 1060. The summed E-state index contributed by atoms with van der Waals surface area (Å²) in [7, 11) is 0. The molecule has 3 rings (SSSR count). The minimum atomic E-state index is -0.199. The molecule has 0 bridgehead atoms. The van der Waals surface area contributed by atoms with Crippen LogP contribution in [0.5, 0.6) is 0 Å². The fourth-order valence-corrected chi connectivity index (χ4v) is 3.69. The Morgan fingerprint density at radius 2 is 2.00 bits per heavy atom. The van der Waals surface area contributed by atoms with Crippen molar-refractivity contribution in [2.24, 2.45) is 11.3 Å². The van der Waals surface area contributed by atoms with E-state index in [1.165, 1.54) is 11.3 Å². The summed E-state index contributed by atoms with van der Waals surface area (Å²) in [5, 5.41) is 12.2. The Morgan fingerprint density at radius 1 is 1.27 bits per heavy atom. The standard InChI is InChI=1S/C22H28N4O3S/c1-12(11-27)8-16(28)18-7-6-17(30-18)15-10-24-20-19(26-15)14(9-23-20)21(29)25-13(2)22(3,4)5/h6-7,9-10,12-13,27H,8,11H2,1-5H3,(H,23,24)(H,25,29)/t12-,13-/m0/s1. The molecule has 3 aromatic rings. The van der Waals surface area contributed by atoms with Gasteiger partial charge in [0.2, 0.25) is 0 Å². The summed E-state index contributed by atoms with van der Waals surface area (Å²) in [5.41, 5.74) is 2.03. The van der Waals surface area contributed by atoms with Gasteiger partial charge in [0, 0.05) is 25.3 Å². The fourth-order valence-electron chi connectivity index (χ4n) is 2.78. The van der Waals surface area contributed by atoms with Gasteiger partial charge in [-0.05, 0) is 30.4 Å². The van der Waals surface area contributed by atoms with Crippen molar-refractivity contribution in [2.45, 2.75) is 47.1 Å². The van der Waals surface area contributed by atoms with Crippen LogP contribution in [0.25, 0.3) is 21.7 Å². The second kappa shape index (κ2) is 8.65. The number of hydrogen-bond acceptors (Lipinski definition) is 6. The van der Waals surface area contributed by atoms with Crippen LogP contribution in [-0.4, -0.2) is 44.4 Å². The van der Waals surface area contributed by atoms with Crippen LogP contribution in [-0.2, 0) is 0 Å². The molecule has 160 valence electrons. The zero-order chi connectivity index (χ0) is 22.1. The number of hydrogen-bond donors (Lipinski definition) is 3. The highest BCUT2D eigenvalue weighted by atomic mass is 32.1. The molecule has 30 heavy (non-hydrogen) atoms. The zero-order valence-corrected chi connectivity index (χ0v) is 18.8. The van der Waals surface area contributed by atoms with Gasteiger partial charge >= 0.3 is 0 Å². The monoisotopic (exact) mass is 428 g/mol. The van der Waals surface area contributed by atoms with Gasteiger partial charge in [-0.1, -0.05) is 27.7 Å². The molecule has 0 aliphatic rings. The van der Waals surface area contributed by atoms with Crippen molar-refractivity contribution in [1.82, 2.24) is 20.3 Å². The molecule has 3 heterocycles. The van der Waals surface area contributed by atoms with Gasteiger partial charge in [0.25, 0.3) is 5.91 Å². The number of H-pyrrole nitrogens is 1. The van der Waals surface area contributed by atoms with Crippen molar-refractivity contribution in [3.8, 4) is 10.6 Å². The average molecular weight is 429 g/mol. The first kappa shape index (κ1) is 22.1. The van der Waals surface area contributed by atoms with E-state index in [0.717, 1.165) is 4.88 Å². The van der Waals surface area contributed by atoms with E-state index in [1.807, 2.05) is 19.9 Å². The van der Waals surface area contributed by atoms with Gasteiger partial charge in [-0.3, -0.25) is 9.59 Å². The minimum Gasteiger partial charge on any atom is -0.396 e. The van der Waals surface area contributed by atoms with Gasteiger partial charge < -0.3 is 15.4 Å². The lowest BCUT2D eigenvalue weighted by Gasteiger charge is -2.27. The van der Waals surface area contributed by atoms with E-state index in [1.54, 1.807) is 18.5 Å². The van der Waals surface area contributed by atoms with Crippen molar-refractivity contribution in [2.75, 3.05) is 6.61 Å². The Kier molecular flexibility index (Phi) is 6.38. The van der Waals surface area contributed by atoms with Crippen molar-refractivity contribution in [3.05, 3.63) is 35.0 Å². The van der Waals surface area contributed by atoms with Crippen LogP contribution in [0.3, 0.4) is 0 Å². The molecule has 0 unspecified atom stereocenters. The predicted octanol–water partition coefficient (Wildman–Crippen LogP) is 4.05. The number of ketones is 1. The first-order valence-corrected chi connectivity index (χ1v) is 10.8. The van der Waals surface area contributed by atoms with E-state index in [2.05, 4.69) is 41.0 Å². The number of aromatic amines is 1. The lowest BCUT2D eigenvalue weighted by atomic mass is 9.88. The van der Waals surface area contributed by atoms with Crippen LogP contribution in [0.4, 0.5) is 0 Å². The SMILES string of the molecule is C[C@H](CO)CC(=O)c1ccc(-c2cnc3[nH]cc(C(=O)N[C@@H](C)C(C)(C)C)c3n2)s1. The molecule has 7 nitrogen and oxygen atoms in total. The predicted molar refractivity (Wildman–Crippen MR) is 119 cm³/mol. The first-order valence-electron chi connectivity index (χ1n) is 9.99. The lowest BCUT2D eigenvalue weighted by molar-refractivity contribution is 0.0910. The molecule has 3 aromatic heterocycles. The number of aromatic nitrogens is 3. The summed E-state index contributed by atoms with van der Waals surface area (Å²) in [5.74, 6) is -0.273. The Morgan fingerprint density at radius 3 is 2.67 bits per heavy atom. The maximum Gasteiger partial charge on any atom is 0.255 e. The van der Waals surface area contributed by atoms with Crippen molar-refractivity contribution >= 4 is 34.2 Å². The molecule has 0 aliphatic heterocycles. The number of thiophene rings is 1. The van der Waals surface area contributed by atoms with E-state index in [-0.39, 0.29) is 35.7 Å². The van der Waals surface area contributed by atoms with E-state index < -0.39 is 0 Å². The first-order chi connectivity index (χ1) is 14.1. The number of Topliss-reactive ketones (excluding diaryl/α,β-unsaturated/α-hetero) is 1. The van der Waals surface area contributed by atoms with Crippen LogP contribution < -0.4 is 5.32 Å². The molecule has 0 saturated carbocycles. The molecule has 0 aromatic carbocycles. The van der Waals surface area contributed by atoms with Gasteiger partial charge in [0.1, 0.15) is 5.52 Å². The molecule has 3 N–H and O–H groups in total. The Hall–Kier alpha value is -2.58. The number of carbonyl (C=O) groups excluding carboxylic acids is 2. The number of nitrogens with one attached hydrogen (secondary N) is 2. The highest BCUT2D eigenvalue weighted by Gasteiger charge is 2.24. The van der Waals surface area contributed by atoms with Gasteiger partial charge in [0.05, 0.1) is 27.2 Å². The van der Waals surface area contributed by atoms with E-state index >= 15 is 0 Å². The molecule has 1 amide bonds. The third-order valence-corrected chi connectivity index (χ3v) is 6.40. The zero-order valence-electron chi connectivity index (χ0n) is 17.9. The summed E-state index contributed by atoms with van der Waals surface area (Å²) >= 11 is 1.34. The van der Waals surface area contributed by atoms with Gasteiger partial charge in [0.15, 0.2) is 11.4 Å². The number of aliphatic hydroxyl groups excluding tert-OH is 1. The lowest BCUT2D eigenvalue weighted by Crippen LogP contribution is -2.41. The molecule has 0 saturated heterocycles. The maximum atomic E-state index is 12.8. The summed E-state index contributed by atoms with van der Waals surface area (Å²) in [6.45, 7) is 10.0. The smallest absolute Gasteiger partial charge is 0.255 e. The van der Waals surface area contributed by atoms with Crippen molar-refractivity contribution in [3.63, 3.8) is 0 Å². The van der Waals surface area contributed by atoms with Crippen LogP contribution in [0.15, 0.2) is 24.5 Å². The van der Waals surface area contributed by atoms with E-state index in [4.69, 9.17) is 5.11 Å². The third kappa shape index (κ3) is 4.76. The van der Waals surface area contributed by atoms with Gasteiger partial charge in [-0.2, -0.15) is 0 Å². The number of rotatable bonds is 7. The number of aliphatic hydroxyl groups is 1. The number of fused-ring (bicyclic) bond motifs is 1. The molecular formula is C22H28N4O3S. The highest BCUT2D eigenvalue weighted by molar-refractivity contribution is 7.17. The van der Waals surface area contributed by atoms with Crippen LogP contribution in [0, 0.1) is 11.3 Å². The summed E-state index contributed by atoms with van der Waals surface area (Å²) in [6, 6.07) is 3.60. The average Bonchev–Trinajstić information content (AvgIpc) is 3.33. The topological polar surface area (TPSA) is 108 Å². The molecule has 0 aliphatic carbocycles. The summed E-state index contributed by atoms with van der Waals surface area (Å²) in [4.78, 5) is 38.6. The van der Waals surface area contributed by atoms with Crippen LogP contribution in [0.1, 0.15) is 61.1 Å². The normalized spacial score (nSPS) is 13.9. The third-order valence-electron chi connectivity index (χ3n) is 5.25. The molecule has 0 fully saturated rings. The summed E-state index contributed by atoms with van der Waals surface area (Å²) < 4.78 is 0. The molecular weight excluding hydrogens is 400 g/mol. The largest absolute Gasteiger partial charge is 0.396 e. The van der Waals surface area contributed by atoms with Crippen molar-refractivity contribution < 1.29 is 14.7 Å². The van der Waals surface area contributed by atoms with Gasteiger partial charge in [-0.25, -0.2) is 9.97 Å². The van der Waals surface area contributed by atoms with Crippen molar-refractivity contribution in [1.29, 1.82) is 0 Å². The fraction of sp³-hybridized carbons (Fsp3) is 0.455. The number of amides is 1. The summed E-state index contributed by atoms with van der Waals surface area (Å²) in [6.07, 6.45) is 3.56. The highest BCUT2D eigenvalue weighted by Crippen LogP contribution is 2.29. The molecule has 2 atom stereocenters. The molecule has 0 radical (unpaired) electrons. The quantitative estimate of drug-likeness (QED) is 0.492. The molecule has 8 heteroatoms. The maximum absolute atomic E-state index is 12.8. The Balaban J connectivity index is 1.86. The minimum absolute atomic E-state index is 0.000263. The van der Waals surface area contributed by atoms with E-state index in [9.17, 15) is 9.59 Å². The number of carbonyl (C=O) groups is 2. The number of nitrogens with zero attached hydrogens (tertiary/aromatic N) is 2. The van der Waals surface area contributed by atoms with Gasteiger partial charge in [-0.15, -0.1) is 11.3 Å². The van der Waals surface area contributed by atoms with Crippen LogP contribution in [0.2, 0.25) is 0 Å². The Labute approximate surface area is 180 Å². The van der Waals surface area contributed by atoms with E-state index in [0.29, 0.717) is 33.7 Å². The second-order valence-corrected chi connectivity index (χ2v) is 9.88. The second-order valence-electron chi connectivity index (χ2n) is 8.79.